The van der Waals surface area contributed by atoms with Gasteiger partial charge in [-0.2, -0.15) is 4.98 Å². The van der Waals surface area contributed by atoms with E-state index in [0.717, 1.165) is 5.56 Å². The number of nitrogens with zero attached hydrogens (tertiary/aromatic N) is 2. The summed E-state index contributed by atoms with van der Waals surface area (Å²) < 4.78 is 1.83. The Balaban J connectivity index is 1.97. The first kappa shape index (κ1) is 13.3. The van der Waals surface area contributed by atoms with Crippen LogP contribution in [0.15, 0.2) is 41.5 Å². The molecule has 3 rings (SSSR count). The number of nitrogens with one attached hydrogen (secondary N) is 3. The van der Waals surface area contributed by atoms with Crippen LogP contribution in [0, 0.1) is 0 Å². The highest BCUT2D eigenvalue weighted by atomic mass is 16.3. The van der Waals surface area contributed by atoms with Crippen LogP contribution < -0.4 is 15.4 Å². The normalized spacial score (nSPS) is 10.9. The van der Waals surface area contributed by atoms with Gasteiger partial charge >= 0.3 is 5.56 Å². The zero-order valence-electron chi connectivity index (χ0n) is 11.3. The molecule has 0 saturated carbocycles. The molecule has 0 aliphatic heterocycles. The maximum atomic E-state index is 12.2. The van der Waals surface area contributed by atoms with Crippen LogP contribution >= 0.6 is 0 Å². The van der Waals surface area contributed by atoms with Gasteiger partial charge in [0, 0.05) is 6.54 Å². The fourth-order valence-electron chi connectivity index (χ4n) is 2.20. The smallest absolute Gasteiger partial charge is 0.304 e. The van der Waals surface area contributed by atoms with Crippen molar-refractivity contribution >= 4 is 17.1 Å². The maximum Gasteiger partial charge on any atom is 0.304 e. The van der Waals surface area contributed by atoms with Gasteiger partial charge < -0.3 is 10.4 Å². The van der Waals surface area contributed by atoms with E-state index in [1.165, 1.54) is 0 Å². The summed E-state index contributed by atoms with van der Waals surface area (Å²) in [6.07, 6.45) is 1.73. The van der Waals surface area contributed by atoms with Crippen molar-refractivity contribution in [1.82, 2.24) is 15.0 Å². The minimum Gasteiger partial charge on any atom is -0.395 e. The van der Waals surface area contributed by atoms with Gasteiger partial charge in [0.05, 0.1) is 6.61 Å². The third kappa shape index (κ3) is 2.77. The molecule has 4 N–H and O–H groups in total. The highest BCUT2D eigenvalue weighted by Gasteiger charge is 2.16. The first-order chi connectivity index (χ1) is 10.3. The Kier molecular flexibility index (Phi) is 3.65. The third-order valence-corrected chi connectivity index (χ3v) is 3.14. The van der Waals surface area contributed by atoms with Crippen LogP contribution in [-0.2, 0) is 6.54 Å². The SMILES string of the molecule is O=c1[nH]c(NCCO)nc2[nH]c[n+](Cc3ccccc3)c12. The number of aromatic amines is 2. The number of fused-ring (bicyclic) bond motifs is 1. The van der Waals surface area contributed by atoms with Gasteiger partial charge in [-0.15, -0.1) is 0 Å². The Morgan fingerprint density at radius 2 is 2.10 bits per heavy atom. The molecule has 0 unspecified atom stereocenters. The van der Waals surface area contributed by atoms with Gasteiger partial charge in [-0.05, 0) is 5.56 Å². The van der Waals surface area contributed by atoms with Gasteiger partial charge in [-0.3, -0.25) is 9.78 Å². The summed E-state index contributed by atoms with van der Waals surface area (Å²) in [5.41, 5.74) is 1.88. The molecule has 3 aromatic rings. The van der Waals surface area contributed by atoms with Gasteiger partial charge in [0.25, 0.3) is 11.2 Å². The summed E-state index contributed by atoms with van der Waals surface area (Å²) in [7, 11) is 0. The summed E-state index contributed by atoms with van der Waals surface area (Å²) in [5, 5.41) is 11.6. The third-order valence-electron chi connectivity index (χ3n) is 3.14. The molecule has 2 heterocycles. The van der Waals surface area contributed by atoms with Gasteiger partial charge in [0.2, 0.25) is 12.3 Å². The van der Waals surface area contributed by atoms with Crippen molar-refractivity contribution in [2.75, 3.05) is 18.5 Å². The molecule has 1 aromatic carbocycles. The Morgan fingerprint density at radius 1 is 1.29 bits per heavy atom. The van der Waals surface area contributed by atoms with E-state index in [1.807, 2.05) is 34.9 Å². The second kappa shape index (κ2) is 5.76. The number of rotatable bonds is 5. The fourth-order valence-corrected chi connectivity index (χ4v) is 2.20. The number of aromatic nitrogens is 4. The minimum atomic E-state index is -0.224. The molecule has 0 saturated heterocycles. The molecule has 108 valence electrons. The summed E-state index contributed by atoms with van der Waals surface area (Å²) in [6.45, 7) is 0.897. The van der Waals surface area contributed by atoms with Crippen molar-refractivity contribution in [2.24, 2.45) is 0 Å². The topological polar surface area (TPSA) is 97.7 Å². The Morgan fingerprint density at radius 3 is 2.86 bits per heavy atom. The van der Waals surface area contributed by atoms with Crippen LogP contribution in [0.25, 0.3) is 11.2 Å². The highest BCUT2D eigenvalue weighted by molar-refractivity contribution is 5.66. The molecule has 0 radical (unpaired) electrons. The monoisotopic (exact) mass is 286 g/mol. The summed E-state index contributed by atoms with van der Waals surface area (Å²) in [5.74, 6) is 0.343. The van der Waals surface area contributed by atoms with Crippen molar-refractivity contribution in [2.45, 2.75) is 6.54 Å². The predicted molar refractivity (Wildman–Crippen MR) is 78.0 cm³/mol. The molecule has 0 aliphatic carbocycles. The number of aliphatic hydroxyl groups excluding tert-OH is 1. The van der Waals surface area contributed by atoms with Crippen LogP contribution in [-0.4, -0.2) is 33.2 Å². The van der Waals surface area contributed by atoms with Gasteiger partial charge in [0.1, 0.15) is 6.54 Å². The quantitative estimate of drug-likeness (QED) is 0.496. The molecular formula is C14H16N5O2+. The second-order valence-corrected chi connectivity index (χ2v) is 4.65. The van der Waals surface area contributed by atoms with Crippen LogP contribution in [0.1, 0.15) is 5.56 Å². The number of hydrogen-bond acceptors (Lipinski definition) is 4. The van der Waals surface area contributed by atoms with E-state index in [4.69, 9.17) is 5.11 Å². The zero-order valence-corrected chi connectivity index (χ0v) is 11.3. The lowest BCUT2D eigenvalue weighted by molar-refractivity contribution is -0.662. The lowest BCUT2D eigenvalue weighted by atomic mass is 10.2. The van der Waals surface area contributed by atoms with E-state index in [0.29, 0.717) is 30.2 Å². The molecule has 7 nitrogen and oxygen atoms in total. The number of hydrogen-bond donors (Lipinski definition) is 4. The van der Waals surface area contributed by atoms with Gasteiger partial charge in [-0.25, -0.2) is 9.55 Å². The largest absolute Gasteiger partial charge is 0.395 e. The first-order valence-electron chi connectivity index (χ1n) is 6.67. The van der Waals surface area contributed by atoms with Crippen molar-refractivity contribution in [3.05, 3.63) is 52.6 Å². The molecule has 0 spiro atoms. The van der Waals surface area contributed by atoms with Crippen LogP contribution in [0.3, 0.4) is 0 Å². The van der Waals surface area contributed by atoms with E-state index in [1.54, 1.807) is 6.33 Å². The Labute approximate surface area is 120 Å². The number of benzene rings is 1. The Hall–Kier alpha value is -2.67. The minimum absolute atomic E-state index is 0.0273. The Bertz CT molecular complexity index is 794. The average Bonchev–Trinajstić information content (AvgIpc) is 2.90. The van der Waals surface area contributed by atoms with E-state index in [-0.39, 0.29) is 12.2 Å². The lowest BCUT2D eigenvalue weighted by Crippen LogP contribution is -2.36. The summed E-state index contributed by atoms with van der Waals surface area (Å²) >= 11 is 0. The van der Waals surface area contributed by atoms with Gasteiger partial charge in [-0.1, -0.05) is 30.3 Å². The lowest BCUT2D eigenvalue weighted by Gasteiger charge is -2.01. The standard InChI is InChI=1S/C14H15N5O2/c20-7-6-15-14-17-12-11(13(21)18-14)19(9-16-12)8-10-4-2-1-3-5-10/h1-5,9,20H,6-8H2,(H2,15,17,18,21)/p+1. The molecule has 0 atom stereocenters. The molecule has 7 heteroatoms. The molecule has 0 aliphatic rings. The second-order valence-electron chi connectivity index (χ2n) is 4.65. The van der Waals surface area contributed by atoms with E-state index in [2.05, 4.69) is 20.3 Å². The summed E-state index contributed by atoms with van der Waals surface area (Å²) in [4.78, 5) is 22.1. The molecule has 21 heavy (non-hydrogen) atoms. The van der Waals surface area contributed by atoms with Crippen molar-refractivity contribution in [1.29, 1.82) is 0 Å². The molecule has 0 amide bonds. The number of anilines is 1. The fraction of sp³-hybridized carbons (Fsp3) is 0.214. The molecule has 0 bridgehead atoms. The highest BCUT2D eigenvalue weighted by Crippen LogP contribution is 2.04. The zero-order chi connectivity index (χ0) is 14.7. The van der Waals surface area contributed by atoms with Crippen molar-refractivity contribution in [3.63, 3.8) is 0 Å². The number of imidazole rings is 1. The molecular weight excluding hydrogens is 270 g/mol. The van der Waals surface area contributed by atoms with E-state index >= 15 is 0 Å². The van der Waals surface area contributed by atoms with E-state index in [9.17, 15) is 4.79 Å². The van der Waals surface area contributed by atoms with Crippen molar-refractivity contribution in [3.8, 4) is 0 Å². The van der Waals surface area contributed by atoms with Crippen LogP contribution in [0.2, 0.25) is 0 Å². The number of aliphatic hydroxyl groups is 1. The molecule has 2 aromatic heterocycles. The van der Waals surface area contributed by atoms with E-state index < -0.39 is 0 Å². The predicted octanol–water partition coefficient (Wildman–Crippen LogP) is -0.00880. The summed E-state index contributed by atoms with van der Waals surface area (Å²) in [6, 6.07) is 9.89. The van der Waals surface area contributed by atoms with Crippen LogP contribution in [0.4, 0.5) is 5.95 Å². The first-order valence-corrected chi connectivity index (χ1v) is 6.67. The number of H-pyrrole nitrogens is 2. The molecule has 0 fully saturated rings. The van der Waals surface area contributed by atoms with Crippen molar-refractivity contribution < 1.29 is 9.67 Å². The average molecular weight is 286 g/mol. The van der Waals surface area contributed by atoms with Gasteiger partial charge in [0.15, 0.2) is 0 Å². The maximum absolute atomic E-state index is 12.2. The van der Waals surface area contributed by atoms with Crippen LogP contribution in [0.5, 0.6) is 0 Å².